The monoisotopic (exact) mass is 330 g/mol. The quantitative estimate of drug-likeness (QED) is 0.760. The van der Waals surface area contributed by atoms with Crippen LogP contribution in [0.3, 0.4) is 0 Å². The van der Waals surface area contributed by atoms with Crippen LogP contribution in [-0.4, -0.2) is 18.1 Å². The molecule has 2 heterocycles. The van der Waals surface area contributed by atoms with Gasteiger partial charge in [-0.2, -0.15) is 0 Å². The van der Waals surface area contributed by atoms with E-state index in [0.29, 0.717) is 0 Å². The van der Waals surface area contributed by atoms with Crippen LogP contribution in [0.2, 0.25) is 0 Å². The smallest absolute Gasteiger partial charge is 0.133 e. The van der Waals surface area contributed by atoms with E-state index in [4.69, 9.17) is 4.98 Å². The number of pyridine rings is 1. The number of fused-ring (bicyclic) bond motifs is 2. The van der Waals surface area contributed by atoms with E-state index in [1.165, 1.54) is 49.1 Å². The Morgan fingerprint density at radius 1 is 1.15 bits per heavy atom. The number of para-hydroxylation sites is 1. The van der Waals surface area contributed by atoms with E-state index in [1.54, 1.807) is 0 Å². The highest BCUT2D eigenvalue weighted by atomic mass is 79.9. The minimum Gasteiger partial charge on any atom is -0.356 e. The molecule has 2 fully saturated rings. The molecular weight excluding hydrogens is 312 g/mol. The highest BCUT2D eigenvalue weighted by Gasteiger charge is 2.37. The van der Waals surface area contributed by atoms with Gasteiger partial charge in [0, 0.05) is 29.4 Å². The van der Waals surface area contributed by atoms with Gasteiger partial charge in [0.25, 0.3) is 0 Å². The number of alkyl halides is 1. The molecular formula is C17H19BrN2. The molecule has 1 aliphatic carbocycles. The van der Waals surface area contributed by atoms with Crippen molar-refractivity contribution in [2.75, 3.05) is 18.0 Å². The summed E-state index contributed by atoms with van der Waals surface area (Å²) in [5.41, 5.74) is 2.44. The van der Waals surface area contributed by atoms with Crippen molar-refractivity contribution in [3.8, 4) is 0 Å². The van der Waals surface area contributed by atoms with Crippen molar-refractivity contribution in [1.82, 2.24) is 4.98 Å². The van der Waals surface area contributed by atoms with Crippen LogP contribution in [0.4, 0.5) is 5.82 Å². The number of halogens is 1. The Bertz CT molecular complexity index is 628. The van der Waals surface area contributed by atoms with Gasteiger partial charge in [0.1, 0.15) is 5.82 Å². The van der Waals surface area contributed by atoms with Crippen LogP contribution in [0.25, 0.3) is 10.9 Å². The van der Waals surface area contributed by atoms with Crippen molar-refractivity contribution >= 4 is 32.7 Å². The fraction of sp³-hybridized carbons (Fsp3) is 0.471. The number of hydrogen-bond acceptors (Lipinski definition) is 2. The van der Waals surface area contributed by atoms with Gasteiger partial charge in [-0.15, -0.1) is 0 Å². The molecule has 0 spiro atoms. The summed E-state index contributed by atoms with van der Waals surface area (Å²) in [7, 11) is 0. The number of hydrogen-bond donors (Lipinski definition) is 0. The van der Waals surface area contributed by atoms with Crippen LogP contribution < -0.4 is 4.90 Å². The second kappa shape index (κ2) is 5.03. The van der Waals surface area contributed by atoms with E-state index in [1.807, 2.05) is 0 Å². The summed E-state index contributed by atoms with van der Waals surface area (Å²) in [4.78, 5) is 7.48. The summed E-state index contributed by atoms with van der Waals surface area (Å²) in [6.07, 6.45) is 4.26. The second-order valence-corrected chi connectivity index (χ2v) is 6.71. The Kier molecular flexibility index (Phi) is 3.18. The predicted octanol–water partition coefficient (Wildman–Crippen LogP) is 4.37. The predicted molar refractivity (Wildman–Crippen MR) is 87.4 cm³/mol. The molecule has 4 rings (SSSR count). The third-order valence-electron chi connectivity index (χ3n) is 4.95. The van der Waals surface area contributed by atoms with E-state index < -0.39 is 0 Å². The van der Waals surface area contributed by atoms with Gasteiger partial charge in [-0.25, -0.2) is 4.98 Å². The third-order valence-corrected chi connectivity index (χ3v) is 5.55. The molecule has 2 atom stereocenters. The molecule has 3 heteroatoms. The van der Waals surface area contributed by atoms with Crippen LogP contribution >= 0.6 is 15.9 Å². The summed E-state index contributed by atoms with van der Waals surface area (Å²) >= 11 is 3.64. The molecule has 1 aromatic heterocycles. The Balaban J connectivity index is 1.75. The number of aromatic nitrogens is 1. The van der Waals surface area contributed by atoms with Gasteiger partial charge in [-0.05, 0) is 36.8 Å². The first-order chi connectivity index (χ1) is 9.85. The molecule has 104 valence electrons. The molecule has 2 nitrogen and oxygen atoms in total. The van der Waals surface area contributed by atoms with Crippen LogP contribution in [0.15, 0.2) is 30.3 Å². The Labute approximate surface area is 128 Å². The molecule has 0 N–H and O–H groups in total. The first kappa shape index (κ1) is 12.6. The lowest BCUT2D eigenvalue weighted by atomic mass is 10.0. The van der Waals surface area contributed by atoms with Gasteiger partial charge < -0.3 is 4.90 Å². The third kappa shape index (κ3) is 2.03. The molecule has 20 heavy (non-hydrogen) atoms. The molecule has 1 saturated heterocycles. The Morgan fingerprint density at radius 2 is 1.90 bits per heavy atom. The highest BCUT2D eigenvalue weighted by molar-refractivity contribution is 9.08. The maximum atomic E-state index is 4.95. The Hall–Kier alpha value is -1.09. The van der Waals surface area contributed by atoms with E-state index >= 15 is 0 Å². The Morgan fingerprint density at radius 3 is 2.65 bits per heavy atom. The topological polar surface area (TPSA) is 16.1 Å². The molecule has 0 radical (unpaired) electrons. The van der Waals surface area contributed by atoms with E-state index in [-0.39, 0.29) is 0 Å². The van der Waals surface area contributed by atoms with Crippen LogP contribution in [0.5, 0.6) is 0 Å². The summed E-state index contributed by atoms with van der Waals surface area (Å²) in [5.74, 6) is 3.02. The standard InChI is InChI=1S/C17H19BrN2/c18-9-15-8-12-4-1-2-7-16(12)19-17(15)20-10-13-5-3-6-14(13)11-20/h1-2,4,7-8,13-14H,3,5-6,9-11H2. The lowest BCUT2D eigenvalue weighted by Crippen LogP contribution is -2.23. The normalized spacial score (nSPS) is 25.4. The molecule has 2 aliphatic rings. The molecule has 0 amide bonds. The van der Waals surface area contributed by atoms with Gasteiger partial charge >= 0.3 is 0 Å². The van der Waals surface area contributed by atoms with Crippen molar-refractivity contribution in [1.29, 1.82) is 0 Å². The molecule has 2 aromatic rings. The molecule has 0 bridgehead atoms. The number of benzene rings is 1. The zero-order chi connectivity index (χ0) is 13.5. The van der Waals surface area contributed by atoms with E-state index in [2.05, 4.69) is 51.2 Å². The van der Waals surface area contributed by atoms with E-state index in [9.17, 15) is 0 Å². The molecule has 2 unspecified atom stereocenters. The number of anilines is 1. The average Bonchev–Trinajstić information content (AvgIpc) is 3.07. The summed E-state index contributed by atoms with van der Waals surface area (Å²) in [6.45, 7) is 2.41. The zero-order valence-electron chi connectivity index (χ0n) is 11.6. The highest BCUT2D eigenvalue weighted by Crippen LogP contribution is 2.40. The summed E-state index contributed by atoms with van der Waals surface area (Å²) in [6, 6.07) is 10.7. The van der Waals surface area contributed by atoms with Crippen molar-refractivity contribution in [3.63, 3.8) is 0 Å². The van der Waals surface area contributed by atoms with Crippen molar-refractivity contribution in [2.24, 2.45) is 11.8 Å². The maximum absolute atomic E-state index is 4.95. The van der Waals surface area contributed by atoms with Gasteiger partial charge in [-0.3, -0.25) is 0 Å². The molecule has 1 saturated carbocycles. The minimum absolute atomic E-state index is 0.881. The summed E-state index contributed by atoms with van der Waals surface area (Å²) in [5, 5.41) is 2.12. The second-order valence-electron chi connectivity index (χ2n) is 6.15. The molecule has 1 aromatic carbocycles. The van der Waals surface area contributed by atoms with Crippen molar-refractivity contribution in [2.45, 2.75) is 24.6 Å². The van der Waals surface area contributed by atoms with Gasteiger partial charge in [0.15, 0.2) is 0 Å². The van der Waals surface area contributed by atoms with Crippen molar-refractivity contribution in [3.05, 3.63) is 35.9 Å². The van der Waals surface area contributed by atoms with Crippen molar-refractivity contribution < 1.29 is 0 Å². The molecule has 1 aliphatic heterocycles. The van der Waals surface area contributed by atoms with Gasteiger partial charge in [0.2, 0.25) is 0 Å². The van der Waals surface area contributed by atoms with Gasteiger partial charge in [-0.1, -0.05) is 40.5 Å². The largest absolute Gasteiger partial charge is 0.356 e. The van der Waals surface area contributed by atoms with Gasteiger partial charge in [0.05, 0.1) is 5.52 Å². The fourth-order valence-corrected chi connectivity index (χ4v) is 4.34. The zero-order valence-corrected chi connectivity index (χ0v) is 13.1. The van der Waals surface area contributed by atoms with E-state index in [0.717, 1.165) is 22.7 Å². The van der Waals surface area contributed by atoms with Crippen LogP contribution in [0.1, 0.15) is 24.8 Å². The van der Waals surface area contributed by atoms with Crippen LogP contribution in [0, 0.1) is 11.8 Å². The lowest BCUT2D eigenvalue weighted by Gasteiger charge is -2.21. The number of rotatable bonds is 2. The van der Waals surface area contributed by atoms with Crippen LogP contribution in [-0.2, 0) is 5.33 Å². The SMILES string of the molecule is BrCc1cc2ccccc2nc1N1CC2CCCC2C1. The first-order valence-corrected chi connectivity index (χ1v) is 8.67. The fourth-order valence-electron chi connectivity index (χ4n) is 3.93. The average molecular weight is 331 g/mol. The summed E-state index contributed by atoms with van der Waals surface area (Å²) < 4.78 is 0. The maximum Gasteiger partial charge on any atom is 0.133 e. The lowest BCUT2D eigenvalue weighted by molar-refractivity contribution is 0.494. The minimum atomic E-state index is 0.881. The first-order valence-electron chi connectivity index (χ1n) is 7.55. The number of nitrogens with zero attached hydrogens (tertiary/aromatic N) is 2.